The Kier molecular flexibility index (Phi) is 5.42. The van der Waals surface area contributed by atoms with Crippen LogP contribution in [-0.4, -0.2) is 19.3 Å². The van der Waals surface area contributed by atoms with Gasteiger partial charge in [0.25, 0.3) is 5.91 Å². The van der Waals surface area contributed by atoms with Crippen LogP contribution in [0.2, 0.25) is 0 Å². The number of aromatic nitrogens is 1. The molecule has 0 aliphatic rings. The predicted molar refractivity (Wildman–Crippen MR) is 94.7 cm³/mol. The van der Waals surface area contributed by atoms with Crippen LogP contribution in [0.3, 0.4) is 0 Å². The molecule has 0 unspecified atom stereocenters. The predicted octanol–water partition coefficient (Wildman–Crippen LogP) is 2.21. The van der Waals surface area contributed by atoms with Crippen LogP contribution in [0.25, 0.3) is 0 Å². The van der Waals surface area contributed by atoms with Gasteiger partial charge in [-0.3, -0.25) is 4.79 Å². The Hall–Kier alpha value is -1.77. The minimum absolute atomic E-state index is 0.0186. The van der Waals surface area contributed by atoms with Crippen molar-refractivity contribution in [2.24, 2.45) is 5.14 Å². The molecule has 1 aromatic heterocycles. The second kappa shape index (κ2) is 7.00. The number of hydrogen-bond acceptors (Lipinski definition) is 5. The van der Waals surface area contributed by atoms with Crippen molar-refractivity contribution in [2.45, 2.75) is 45.6 Å². The fourth-order valence-electron chi connectivity index (χ4n) is 2.32. The van der Waals surface area contributed by atoms with Gasteiger partial charge in [-0.2, -0.15) is 0 Å². The quantitative estimate of drug-likeness (QED) is 0.846. The van der Waals surface area contributed by atoms with Gasteiger partial charge in [0.15, 0.2) is 0 Å². The number of sulfonamides is 1. The van der Waals surface area contributed by atoms with E-state index >= 15 is 0 Å². The van der Waals surface area contributed by atoms with Gasteiger partial charge in [-0.1, -0.05) is 6.92 Å². The summed E-state index contributed by atoms with van der Waals surface area (Å²) >= 11 is 1.57. The van der Waals surface area contributed by atoms with Crippen LogP contribution in [0.4, 0.5) is 0 Å². The molecule has 0 saturated heterocycles. The van der Waals surface area contributed by atoms with Gasteiger partial charge in [-0.05, 0) is 50.5 Å². The molecule has 1 amide bonds. The van der Waals surface area contributed by atoms with Gasteiger partial charge < -0.3 is 5.32 Å². The molecule has 0 aliphatic heterocycles. The van der Waals surface area contributed by atoms with E-state index in [4.69, 9.17) is 5.14 Å². The second-order valence-electron chi connectivity index (χ2n) is 5.61. The van der Waals surface area contributed by atoms with Crippen molar-refractivity contribution in [2.75, 3.05) is 0 Å². The molecule has 0 atom stereocenters. The summed E-state index contributed by atoms with van der Waals surface area (Å²) in [5, 5.41) is 9.07. The highest BCUT2D eigenvalue weighted by atomic mass is 32.2. The molecule has 0 fully saturated rings. The zero-order valence-electron chi connectivity index (χ0n) is 14.1. The molecule has 0 aliphatic carbocycles. The molecule has 0 saturated carbocycles. The van der Waals surface area contributed by atoms with Crippen molar-refractivity contribution in [3.05, 3.63) is 44.4 Å². The Morgan fingerprint density at radius 3 is 2.50 bits per heavy atom. The smallest absolute Gasteiger partial charge is 0.251 e. The molecular weight excluding hydrogens is 346 g/mol. The molecule has 0 spiro atoms. The maximum absolute atomic E-state index is 12.4. The molecule has 0 radical (unpaired) electrons. The summed E-state index contributed by atoms with van der Waals surface area (Å²) in [5.74, 6) is -0.339. The highest BCUT2D eigenvalue weighted by Crippen LogP contribution is 2.21. The van der Waals surface area contributed by atoms with Crippen molar-refractivity contribution in [3.63, 3.8) is 0 Å². The number of carbonyl (C=O) groups excluding carboxylic acids is 1. The molecule has 2 rings (SSSR count). The van der Waals surface area contributed by atoms with Crippen LogP contribution in [0, 0.1) is 20.8 Å². The zero-order valence-corrected chi connectivity index (χ0v) is 15.8. The molecule has 3 N–H and O–H groups in total. The van der Waals surface area contributed by atoms with E-state index in [0.29, 0.717) is 17.7 Å². The number of thiazole rings is 1. The summed E-state index contributed by atoms with van der Waals surface area (Å²) in [7, 11) is -3.87. The van der Waals surface area contributed by atoms with Crippen LogP contribution < -0.4 is 10.5 Å². The van der Waals surface area contributed by atoms with Gasteiger partial charge in [0, 0.05) is 10.4 Å². The topological polar surface area (TPSA) is 102 Å². The Bertz CT molecular complexity index is 886. The minimum atomic E-state index is -3.87. The summed E-state index contributed by atoms with van der Waals surface area (Å²) in [6.45, 7) is 7.72. The molecule has 6 nitrogen and oxygen atoms in total. The highest BCUT2D eigenvalue weighted by molar-refractivity contribution is 7.89. The number of aryl methyl sites for hydroxylation is 3. The first-order valence-corrected chi connectivity index (χ1v) is 9.87. The van der Waals surface area contributed by atoms with Crippen LogP contribution in [0.5, 0.6) is 0 Å². The number of hydrogen-bond donors (Lipinski definition) is 2. The van der Waals surface area contributed by atoms with E-state index in [0.717, 1.165) is 22.0 Å². The summed E-state index contributed by atoms with van der Waals surface area (Å²) in [6.07, 6.45) is 0.855. The minimum Gasteiger partial charge on any atom is -0.347 e. The van der Waals surface area contributed by atoms with Gasteiger partial charge >= 0.3 is 0 Å². The molecule has 0 bridgehead atoms. The second-order valence-corrected chi connectivity index (χ2v) is 8.31. The SMILES string of the molecule is CCc1nc(C)c(CNC(=O)c2cc(C)c(C)c(S(N)(=O)=O)c2)s1. The summed E-state index contributed by atoms with van der Waals surface area (Å²) in [6, 6.07) is 2.99. The molecule has 24 heavy (non-hydrogen) atoms. The first kappa shape index (κ1) is 18.6. The molecule has 1 heterocycles. The molecule has 2 aromatic rings. The average molecular weight is 367 g/mol. The fraction of sp³-hybridized carbons (Fsp3) is 0.375. The van der Waals surface area contributed by atoms with E-state index in [1.807, 2.05) is 13.8 Å². The monoisotopic (exact) mass is 367 g/mol. The molecule has 1 aromatic carbocycles. The summed E-state index contributed by atoms with van der Waals surface area (Å²) in [4.78, 5) is 17.8. The number of nitrogens with zero attached hydrogens (tertiary/aromatic N) is 1. The standard InChI is InChI=1S/C16H21N3O3S2/c1-5-15-19-11(4)13(23-15)8-18-16(20)12-6-9(2)10(3)14(7-12)24(17,21)22/h6-7H,5,8H2,1-4H3,(H,18,20)(H2,17,21,22). The van der Waals surface area contributed by atoms with E-state index in [1.54, 1.807) is 31.3 Å². The number of nitrogens with two attached hydrogens (primary N) is 1. The third-order valence-electron chi connectivity index (χ3n) is 3.84. The number of amides is 1. The van der Waals surface area contributed by atoms with Crippen molar-refractivity contribution < 1.29 is 13.2 Å². The first-order valence-electron chi connectivity index (χ1n) is 7.51. The Labute approximate surface area is 146 Å². The lowest BCUT2D eigenvalue weighted by molar-refractivity contribution is 0.0951. The lowest BCUT2D eigenvalue weighted by Gasteiger charge is -2.11. The zero-order chi connectivity index (χ0) is 18.1. The molecule has 130 valence electrons. The van der Waals surface area contributed by atoms with Gasteiger partial charge in [-0.25, -0.2) is 18.5 Å². The third-order valence-corrected chi connectivity index (χ3v) is 6.18. The van der Waals surface area contributed by atoms with Crippen LogP contribution in [-0.2, 0) is 23.0 Å². The van der Waals surface area contributed by atoms with E-state index in [2.05, 4.69) is 10.3 Å². The number of nitrogens with one attached hydrogen (secondary N) is 1. The number of rotatable bonds is 5. The lowest BCUT2D eigenvalue weighted by Crippen LogP contribution is -2.24. The van der Waals surface area contributed by atoms with Crippen LogP contribution >= 0.6 is 11.3 Å². The Morgan fingerprint density at radius 1 is 1.29 bits per heavy atom. The van der Waals surface area contributed by atoms with Gasteiger partial charge in [0.05, 0.1) is 22.1 Å². The van der Waals surface area contributed by atoms with Crippen LogP contribution in [0.1, 0.15) is 44.0 Å². The maximum Gasteiger partial charge on any atom is 0.251 e. The van der Waals surface area contributed by atoms with Gasteiger partial charge in [0.2, 0.25) is 10.0 Å². The largest absolute Gasteiger partial charge is 0.347 e. The maximum atomic E-state index is 12.4. The lowest BCUT2D eigenvalue weighted by atomic mass is 10.1. The third kappa shape index (κ3) is 4.00. The van der Waals surface area contributed by atoms with E-state index in [-0.39, 0.29) is 16.4 Å². The Morgan fingerprint density at radius 2 is 1.96 bits per heavy atom. The van der Waals surface area contributed by atoms with E-state index in [9.17, 15) is 13.2 Å². The Balaban J connectivity index is 2.24. The van der Waals surface area contributed by atoms with E-state index in [1.165, 1.54) is 6.07 Å². The van der Waals surface area contributed by atoms with Gasteiger partial charge in [-0.15, -0.1) is 11.3 Å². The van der Waals surface area contributed by atoms with Crippen LogP contribution in [0.15, 0.2) is 17.0 Å². The molecule has 8 heteroatoms. The molecular formula is C16H21N3O3S2. The van der Waals surface area contributed by atoms with Crippen molar-refractivity contribution >= 4 is 27.3 Å². The summed E-state index contributed by atoms with van der Waals surface area (Å²) < 4.78 is 23.4. The number of benzene rings is 1. The van der Waals surface area contributed by atoms with Gasteiger partial charge in [0.1, 0.15) is 0 Å². The normalized spacial score (nSPS) is 11.5. The fourth-order valence-corrected chi connectivity index (χ4v) is 4.15. The van der Waals surface area contributed by atoms with Crippen molar-refractivity contribution in [1.29, 1.82) is 0 Å². The summed E-state index contributed by atoms with van der Waals surface area (Å²) in [5.41, 5.74) is 2.44. The van der Waals surface area contributed by atoms with E-state index < -0.39 is 10.0 Å². The first-order chi connectivity index (χ1) is 11.1. The number of carbonyl (C=O) groups is 1. The van der Waals surface area contributed by atoms with Crippen molar-refractivity contribution in [1.82, 2.24) is 10.3 Å². The van der Waals surface area contributed by atoms with Crippen molar-refractivity contribution in [3.8, 4) is 0 Å². The average Bonchev–Trinajstić information content (AvgIpc) is 2.86. The highest BCUT2D eigenvalue weighted by Gasteiger charge is 2.18. The number of primary sulfonamides is 1.